The van der Waals surface area contributed by atoms with Crippen molar-refractivity contribution in [3.8, 4) is 11.5 Å². The summed E-state index contributed by atoms with van der Waals surface area (Å²) in [7, 11) is 0. The summed E-state index contributed by atoms with van der Waals surface area (Å²) in [4.78, 5) is 17.9. The number of carbonyl (C=O) groups is 1. The van der Waals surface area contributed by atoms with Crippen LogP contribution in [0.3, 0.4) is 0 Å². The third-order valence-corrected chi connectivity index (χ3v) is 3.13. The second-order valence-corrected chi connectivity index (χ2v) is 4.69. The summed E-state index contributed by atoms with van der Waals surface area (Å²) in [5.41, 5.74) is 1.38. The van der Waals surface area contributed by atoms with Gasteiger partial charge in [-0.25, -0.2) is 4.98 Å². The number of aromatic hydroxyl groups is 2. The Hall–Kier alpha value is -2.54. The molecule has 0 aliphatic heterocycles. The maximum absolute atomic E-state index is 11.2. The topological polar surface area (TPSA) is 118 Å². The molecule has 1 aromatic carbocycles. The van der Waals surface area contributed by atoms with Crippen LogP contribution in [0.15, 0.2) is 30.7 Å². The Bertz CT molecular complexity index is 598. The molecule has 0 fully saturated rings. The number of nitrogens with zero attached hydrogens (tertiary/aromatic N) is 1. The molecule has 0 spiro atoms. The highest BCUT2D eigenvalue weighted by Gasteiger charge is 2.17. The van der Waals surface area contributed by atoms with Crippen LogP contribution in [0.4, 0.5) is 0 Å². The minimum Gasteiger partial charge on any atom is -0.508 e. The van der Waals surface area contributed by atoms with Gasteiger partial charge in [0, 0.05) is 30.9 Å². The molecule has 112 valence electrons. The van der Waals surface area contributed by atoms with Crippen molar-refractivity contribution in [3.63, 3.8) is 0 Å². The van der Waals surface area contributed by atoms with Gasteiger partial charge in [0.15, 0.2) is 0 Å². The van der Waals surface area contributed by atoms with Gasteiger partial charge in [0.25, 0.3) is 0 Å². The molecular weight excluding hydrogens is 274 g/mol. The van der Waals surface area contributed by atoms with Crippen LogP contribution in [-0.4, -0.2) is 43.8 Å². The smallest absolute Gasteiger partial charge is 0.321 e. The van der Waals surface area contributed by atoms with Crippen LogP contribution in [0, 0.1) is 0 Å². The Morgan fingerprint density at radius 1 is 1.38 bits per heavy atom. The van der Waals surface area contributed by atoms with Crippen LogP contribution in [0.25, 0.3) is 0 Å². The number of benzene rings is 1. The Kier molecular flexibility index (Phi) is 4.78. The first kappa shape index (κ1) is 14.9. The van der Waals surface area contributed by atoms with Crippen LogP contribution in [0.1, 0.15) is 11.3 Å². The lowest BCUT2D eigenvalue weighted by Gasteiger charge is -2.14. The van der Waals surface area contributed by atoms with Crippen molar-refractivity contribution in [2.75, 3.05) is 6.54 Å². The number of hydrogen-bond donors (Lipinski definition) is 5. The molecule has 0 saturated carbocycles. The number of carboxylic acid groups (broad SMARTS) is 1. The fraction of sp³-hybridized carbons (Fsp3) is 0.286. The first-order chi connectivity index (χ1) is 10.1. The first-order valence-electron chi connectivity index (χ1n) is 6.50. The Labute approximate surface area is 121 Å². The van der Waals surface area contributed by atoms with Gasteiger partial charge in [-0.2, -0.15) is 0 Å². The zero-order chi connectivity index (χ0) is 15.2. The number of carboxylic acids is 1. The summed E-state index contributed by atoms with van der Waals surface area (Å²) in [6.45, 7) is 0.392. The van der Waals surface area contributed by atoms with Crippen molar-refractivity contribution < 1.29 is 20.1 Å². The molecule has 0 aliphatic carbocycles. The van der Waals surface area contributed by atoms with Crippen LogP contribution in [-0.2, 0) is 17.6 Å². The van der Waals surface area contributed by atoms with Crippen molar-refractivity contribution in [2.24, 2.45) is 0 Å². The molecule has 0 unspecified atom stereocenters. The van der Waals surface area contributed by atoms with E-state index in [9.17, 15) is 20.1 Å². The summed E-state index contributed by atoms with van der Waals surface area (Å²) >= 11 is 0. The second-order valence-electron chi connectivity index (χ2n) is 4.69. The van der Waals surface area contributed by atoms with E-state index < -0.39 is 12.0 Å². The number of H-pyrrole nitrogens is 1. The van der Waals surface area contributed by atoms with Crippen LogP contribution >= 0.6 is 0 Å². The van der Waals surface area contributed by atoms with Crippen LogP contribution in [0.5, 0.6) is 11.5 Å². The minimum absolute atomic E-state index is 0.00255. The van der Waals surface area contributed by atoms with Gasteiger partial charge in [-0.3, -0.25) is 4.79 Å². The lowest BCUT2D eigenvalue weighted by molar-refractivity contribution is -0.139. The zero-order valence-electron chi connectivity index (χ0n) is 11.3. The Morgan fingerprint density at radius 3 is 2.81 bits per heavy atom. The predicted molar refractivity (Wildman–Crippen MR) is 75.2 cm³/mol. The van der Waals surface area contributed by atoms with Crippen molar-refractivity contribution in [3.05, 3.63) is 42.0 Å². The normalized spacial score (nSPS) is 12.2. The molecule has 2 aromatic rings. The molecule has 0 bridgehead atoms. The van der Waals surface area contributed by atoms with Crippen molar-refractivity contribution >= 4 is 5.97 Å². The van der Waals surface area contributed by atoms with E-state index in [2.05, 4.69) is 15.3 Å². The van der Waals surface area contributed by atoms with E-state index in [-0.39, 0.29) is 11.5 Å². The molecule has 0 radical (unpaired) electrons. The Morgan fingerprint density at radius 2 is 2.19 bits per heavy atom. The van der Waals surface area contributed by atoms with E-state index in [4.69, 9.17) is 0 Å². The number of phenols is 2. The third-order valence-electron chi connectivity index (χ3n) is 3.13. The van der Waals surface area contributed by atoms with E-state index in [1.54, 1.807) is 12.3 Å². The molecule has 0 saturated heterocycles. The van der Waals surface area contributed by atoms with Gasteiger partial charge in [0.05, 0.1) is 6.33 Å². The van der Waals surface area contributed by atoms with Gasteiger partial charge in [0.1, 0.15) is 17.5 Å². The quantitative estimate of drug-likeness (QED) is 0.511. The monoisotopic (exact) mass is 291 g/mol. The van der Waals surface area contributed by atoms with Gasteiger partial charge in [-0.05, 0) is 18.1 Å². The molecule has 1 atom stereocenters. The fourth-order valence-electron chi connectivity index (χ4n) is 2.01. The second kappa shape index (κ2) is 6.76. The largest absolute Gasteiger partial charge is 0.508 e. The third kappa shape index (κ3) is 4.22. The fourth-order valence-corrected chi connectivity index (χ4v) is 2.01. The highest BCUT2D eigenvalue weighted by molar-refractivity contribution is 5.73. The molecule has 1 aromatic heterocycles. The number of aromatic amines is 1. The maximum Gasteiger partial charge on any atom is 0.321 e. The molecule has 0 aliphatic rings. The maximum atomic E-state index is 11.2. The molecule has 21 heavy (non-hydrogen) atoms. The standard InChI is InChI=1S/C14H17N3O4/c18-11-2-1-9(13(19)6-11)3-4-16-12(14(20)21)5-10-7-15-8-17-10/h1-2,6-8,12,16,18-19H,3-5H2,(H,15,17)(H,20,21)/t12-/m0/s1. The van der Waals surface area contributed by atoms with Crippen LogP contribution in [0.2, 0.25) is 0 Å². The van der Waals surface area contributed by atoms with Gasteiger partial charge < -0.3 is 25.6 Å². The number of aromatic nitrogens is 2. The van der Waals surface area contributed by atoms with Crippen LogP contribution < -0.4 is 5.32 Å². The van der Waals surface area contributed by atoms with E-state index in [0.717, 1.165) is 5.69 Å². The van der Waals surface area contributed by atoms with Crippen molar-refractivity contribution in [1.82, 2.24) is 15.3 Å². The summed E-state index contributed by atoms with van der Waals surface area (Å²) in [6, 6.07) is 3.62. The van der Waals surface area contributed by atoms with Gasteiger partial charge in [0.2, 0.25) is 0 Å². The number of imidazole rings is 1. The minimum atomic E-state index is -0.945. The molecule has 0 amide bonds. The summed E-state index contributed by atoms with van der Waals surface area (Å²) in [5, 5.41) is 31.0. The van der Waals surface area contributed by atoms with Gasteiger partial charge in [-0.15, -0.1) is 0 Å². The Balaban J connectivity index is 1.88. The van der Waals surface area contributed by atoms with E-state index in [1.807, 2.05) is 0 Å². The lowest BCUT2D eigenvalue weighted by atomic mass is 10.1. The lowest BCUT2D eigenvalue weighted by Crippen LogP contribution is -2.39. The molecule has 7 nitrogen and oxygen atoms in total. The zero-order valence-corrected chi connectivity index (χ0v) is 11.3. The summed E-state index contributed by atoms with van der Waals surface area (Å²) < 4.78 is 0. The average Bonchev–Trinajstić information content (AvgIpc) is 2.92. The van der Waals surface area contributed by atoms with Crippen molar-refractivity contribution in [1.29, 1.82) is 0 Å². The molecule has 1 heterocycles. The average molecular weight is 291 g/mol. The number of phenolic OH excluding ortho intramolecular Hbond substituents is 2. The van der Waals surface area contributed by atoms with Crippen molar-refractivity contribution in [2.45, 2.75) is 18.9 Å². The highest BCUT2D eigenvalue weighted by Crippen LogP contribution is 2.22. The van der Waals surface area contributed by atoms with E-state index in [0.29, 0.717) is 24.9 Å². The van der Waals surface area contributed by atoms with E-state index >= 15 is 0 Å². The number of aliphatic carboxylic acids is 1. The molecule has 7 heteroatoms. The van der Waals surface area contributed by atoms with Gasteiger partial charge in [-0.1, -0.05) is 6.07 Å². The first-order valence-corrected chi connectivity index (χ1v) is 6.50. The molecular formula is C14H17N3O4. The summed E-state index contributed by atoms with van der Waals surface area (Å²) in [5.74, 6) is -0.955. The molecule has 2 rings (SSSR count). The molecule has 5 N–H and O–H groups in total. The number of nitrogens with one attached hydrogen (secondary N) is 2. The number of rotatable bonds is 7. The van der Waals surface area contributed by atoms with Gasteiger partial charge >= 0.3 is 5.97 Å². The predicted octanol–water partition coefficient (Wildman–Crippen LogP) is 0.649. The SMILES string of the molecule is O=C(O)[C@H](Cc1cnc[nH]1)NCCc1ccc(O)cc1O. The summed E-state index contributed by atoms with van der Waals surface area (Å²) in [6.07, 6.45) is 3.85. The number of hydrogen-bond acceptors (Lipinski definition) is 5. The van der Waals surface area contributed by atoms with E-state index in [1.165, 1.54) is 18.5 Å². The highest BCUT2D eigenvalue weighted by atomic mass is 16.4.